The van der Waals surface area contributed by atoms with Gasteiger partial charge in [0.05, 0.1) is 5.56 Å². The number of benzene rings is 1. The molecule has 1 fully saturated rings. The molecule has 1 saturated heterocycles. The van der Waals surface area contributed by atoms with Crippen molar-refractivity contribution in [2.75, 3.05) is 0 Å². The van der Waals surface area contributed by atoms with Gasteiger partial charge in [-0.1, -0.05) is 26.2 Å². The lowest BCUT2D eigenvalue weighted by atomic mass is 10.0. The summed E-state index contributed by atoms with van der Waals surface area (Å²) in [4.78, 5) is 24.0. The predicted octanol–water partition coefficient (Wildman–Crippen LogP) is 3.59. The number of phenols is 1. The Morgan fingerprint density at radius 2 is 1.96 bits per heavy atom. The van der Waals surface area contributed by atoms with E-state index in [1.165, 1.54) is 37.1 Å². The van der Waals surface area contributed by atoms with Gasteiger partial charge in [0.2, 0.25) is 0 Å². The van der Waals surface area contributed by atoms with E-state index >= 15 is 0 Å². The molecule has 1 aromatic rings. The number of phenolic OH excluding ortho intramolecular Hbond substituents is 1. The number of cyclic esters (lactones) is 1. The SMILES string of the molecule is CCCCCC[C@@H]1CC[C@@H](OC(=O)c2ccc(O)cc2)C(=O)O1. The summed E-state index contributed by atoms with van der Waals surface area (Å²) in [5, 5.41) is 9.21. The van der Waals surface area contributed by atoms with Gasteiger partial charge in [-0.15, -0.1) is 0 Å². The first-order valence-corrected chi connectivity index (χ1v) is 8.30. The molecule has 1 heterocycles. The van der Waals surface area contributed by atoms with Crippen molar-refractivity contribution in [2.45, 2.75) is 64.1 Å². The summed E-state index contributed by atoms with van der Waals surface area (Å²) in [6.45, 7) is 2.16. The van der Waals surface area contributed by atoms with Gasteiger partial charge < -0.3 is 14.6 Å². The number of aromatic hydroxyl groups is 1. The van der Waals surface area contributed by atoms with Gasteiger partial charge in [0.1, 0.15) is 11.9 Å². The standard InChI is InChI=1S/C18H24O5/c1-2-3-4-5-6-15-11-12-16(18(21)22-15)23-17(20)13-7-9-14(19)10-8-13/h7-10,15-16,19H,2-6,11-12H2,1H3/t15-,16-/m1/s1. The van der Waals surface area contributed by atoms with E-state index in [4.69, 9.17) is 9.47 Å². The van der Waals surface area contributed by atoms with Crippen LogP contribution in [0.2, 0.25) is 0 Å². The largest absolute Gasteiger partial charge is 0.508 e. The molecule has 1 N–H and O–H groups in total. The highest BCUT2D eigenvalue weighted by Crippen LogP contribution is 2.23. The summed E-state index contributed by atoms with van der Waals surface area (Å²) < 4.78 is 10.6. The van der Waals surface area contributed by atoms with Crippen LogP contribution < -0.4 is 0 Å². The Labute approximate surface area is 136 Å². The van der Waals surface area contributed by atoms with E-state index in [0.29, 0.717) is 12.0 Å². The van der Waals surface area contributed by atoms with Gasteiger partial charge in [-0.2, -0.15) is 0 Å². The van der Waals surface area contributed by atoms with Crippen LogP contribution in [0.25, 0.3) is 0 Å². The molecule has 0 saturated carbocycles. The zero-order chi connectivity index (χ0) is 16.7. The summed E-state index contributed by atoms with van der Waals surface area (Å²) >= 11 is 0. The zero-order valence-corrected chi connectivity index (χ0v) is 13.5. The van der Waals surface area contributed by atoms with Crippen molar-refractivity contribution in [3.05, 3.63) is 29.8 Å². The number of hydrogen-bond acceptors (Lipinski definition) is 5. The molecule has 2 rings (SSSR count). The summed E-state index contributed by atoms with van der Waals surface area (Å²) in [5.74, 6) is -0.957. The summed E-state index contributed by atoms with van der Waals surface area (Å²) in [6.07, 6.45) is 5.82. The van der Waals surface area contributed by atoms with E-state index in [1.54, 1.807) is 0 Å². The zero-order valence-electron chi connectivity index (χ0n) is 13.5. The smallest absolute Gasteiger partial charge is 0.347 e. The van der Waals surface area contributed by atoms with Crippen LogP contribution in [0.4, 0.5) is 0 Å². The molecule has 1 aliphatic rings. The average Bonchev–Trinajstić information content (AvgIpc) is 2.54. The number of ether oxygens (including phenoxy) is 2. The minimum absolute atomic E-state index is 0.0528. The van der Waals surface area contributed by atoms with E-state index in [1.807, 2.05) is 0 Å². The molecule has 0 amide bonds. The first kappa shape index (κ1) is 17.3. The van der Waals surface area contributed by atoms with E-state index in [-0.39, 0.29) is 11.9 Å². The third-order valence-electron chi connectivity index (χ3n) is 4.03. The molecule has 0 bridgehead atoms. The Morgan fingerprint density at radius 1 is 1.22 bits per heavy atom. The third-order valence-corrected chi connectivity index (χ3v) is 4.03. The molecule has 1 aromatic carbocycles. The lowest BCUT2D eigenvalue weighted by Gasteiger charge is -2.27. The molecular formula is C18H24O5. The highest BCUT2D eigenvalue weighted by Gasteiger charge is 2.32. The highest BCUT2D eigenvalue weighted by atomic mass is 16.6. The van der Waals surface area contributed by atoms with Gasteiger partial charge in [0, 0.05) is 0 Å². The molecule has 1 aliphatic heterocycles. The van der Waals surface area contributed by atoms with Crippen LogP contribution in [0.1, 0.15) is 62.2 Å². The molecule has 2 atom stereocenters. The molecule has 0 aliphatic carbocycles. The first-order chi connectivity index (χ1) is 11.1. The first-order valence-electron chi connectivity index (χ1n) is 8.30. The van der Waals surface area contributed by atoms with Gasteiger partial charge >= 0.3 is 11.9 Å². The average molecular weight is 320 g/mol. The predicted molar refractivity (Wildman–Crippen MR) is 85.2 cm³/mol. The summed E-state index contributed by atoms with van der Waals surface area (Å²) in [6, 6.07) is 5.73. The molecule has 0 aromatic heterocycles. The number of esters is 2. The van der Waals surface area contributed by atoms with Crippen LogP contribution in [-0.4, -0.2) is 29.3 Å². The second-order valence-corrected chi connectivity index (χ2v) is 5.93. The fraction of sp³-hybridized carbons (Fsp3) is 0.556. The van der Waals surface area contributed by atoms with Crippen molar-refractivity contribution in [3.63, 3.8) is 0 Å². The number of hydrogen-bond donors (Lipinski definition) is 1. The van der Waals surface area contributed by atoms with Crippen LogP contribution in [0.15, 0.2) is 24.3 Å². The minimum atomic E-state index is -0.830. The summed E-state index contributed by atoms with van der Waals surface area (Å²) in [7, 11) is 0. The van der Waals surface area contributed by atoms with Crippen molar-refractivity contribution >= 4 is 11.9 Å². The molecule has 0 unspecified atom stereocenters. The maximum absolute atomic E-state index is 12.0. The molecular weight excluding hydrogens is 296 g/mol. The Morgan fingerprint density at radius 3 is 2.61 bits per heavy atom. The van der Waals surface area contributed by atoms with E-state index in [2.05, 4.69) is 6.92 Å². The second-order valence-electron chi connectivity index (χ2n) is 5.93. The topological polar surface area (TPSA) is 72.8 Å². The summed E-state index contributed by atoms with van der Waals surface area (Å²) in [5.41, 5.74) is 0.303. The van der Waals surface area contributed by atoms with Crippen LogP contribution in [0, 0.1) is 0 Å². The monoisotopic (exact) mass is 320 g/mol. The Kier molecular flexibility index (Phi) is 6.44. The molecule has 5 heteroatoms. The van der Waals surface area contributed by atoms with Crippen molar-refractivity contribution in [1.82, 2.24) is 0 Å². The molecule has 126 valence electrons. The fourth-order valence-electron chi connectivity index (χ4n) is 2.66. The fourth-order valence-corrected chi connectivity index (χ4v) is 2.66. The molecule has 0 spiro atoms. The lowest BCUT2D eigenvalue weighted by molar-refractivity contribution is -0.167. The van der Waals surface area contributed by atoms with E-state index < -0.39 is 18.0 Å². The van der Waals surface area contributed by atoms with Crippen molar-refractivity contribution < 1.29 is 24.2 Å². The van der Waals surface area contributed by atoms with Crippen LogP contribution >= 0.6 is 0 Å². The van der Waals surface area contributed by atoms with Gasteiger partial charge in [0.15, 0.2) is 6.10 Å². The molecule has 5 nitrogen and oxygen atoms in total. The van der Waals surface area contributed by atoms with Crippen molar-refractivity contribution in [2.24, 2.45) is 0 Å². The molecule has 0 radical (unpaired) electrons. The van der Waals surface area contributed by atoms with Crippen LogP contribution in [0.5, 0.6) is 5.75 Å². The number of carbonyl (C=O) groups is 2. The number of unbranched alkanes of at least 4 members (excludes halogenated alkanes) is 3. The quantitative estimate of drug-likeness (QED) is 0.614. The Hall–Kier alpha value is -2.04. The van der Waals surface area contributed by atoms with Gasteiger partial charge in [-0.25, -0.2) is 9.59 Å². The molecule has 23 heavy (non-hydrogen) atoms. The van der Waals surface area contributed by atoms with Crippen LogP contribution in [0.3, 0.4) is 0 Å². The van der Waals surface area contributed by atoms with E-state index in [9.17, 15) is 14.7 Å². The lowest BCUT2D eigenvalue weighted by Crippen LogP contribution is -2.37. The van der Waals surface area contributed by atoms with Crippen molar-refractivity contribution in [1.29, 1.82) is 0 Å². The van der Waals surface area contributed by atoms with Gasteiger partial charge in [0.25, 0.3) is 0 Å². The maximum Gasteiger partial charge on any atom is 0.347 e. The maximum atomic E-state index is 12.0. The Balaban J connectivity index is 1.78. The number of carbonyl (C=O) groups excluding carboxylic acids is 2. The van der Waals surface area contributed by atoms with E-state index in [0.717, 1.165) is 25.7 Å². The van der Waals surface area contributed by atoms with Gasteiger partial charge in [-0.05, 0) is 49.9 Å². The Bertz CT molecular complexity index is 523. The van der Waals surface area contributed by atoms with Crippen molar-refractivity contribution in [3.8, 4) is 5.75 Å². The van der Waals surface area contributed by atoms with Crippen LogP contribution in [-0.2, 0) is 14.3 Å². The van der Waals surface area contributed by atoms with Gasteiger partial charge in [-0.3, -0.25) is 0 Å². The second kappa shape index (κ2) is 8.56. The highest BCUT2D eigenvalue weighted by molar-refractivity contribution is 5.91. The normalized spacial score (nSPS) is 20.8. The number of rotatable bonds is 7. The minimum Gasteiger partial charge on any atom is -0.508 e. The third kappa shape index (κ3) is 5.27.